The highest BCUT2D eigenvalue weighted by atomic mass is 79.9. The summed E-state index contributed by atoms with van der Waals surface area (Å²) >= 11 is 3.49. The van der Waals surface area contributed by atoms with Crippen molar-refractivity contribution in [2.45, 2.75) is 57.7 Å². The fourth-order valence-electron chi connectivity index (χ4n) is 6.24. The molecule has 0 spiro atoms. The fraction of sp³-hybridized carbons (Fsp3) is 0.389. The number of nitrogens with one attached hydrogen (secondary N) is 1. The Balaban J connectivity index is 1.42. The van der Waals surface area contributed by atoms with Crippen molar-refractivity contribution in [3.63, 3.8) is 0 Å². The number of ether oxygens (including phenoxy) is 1. The summed E-state index contributed by atoms with van der Waals surface area (Å²) in [4.78, 5) is 31.1. The zero-order valence-corrected chi connectivity index (χ0v) is 27.9. The van der Waals surface area contributed by atoms with Crippen LogP contribution in [-0.2, 0) is 28.2 Å². The minimum Gasteiger partial charge on any atom is -0.494 e. The van der Waals surface area contributed by atoms with Crippen molar-refractivity contribution >= 4 is 44.8 Å². The van der Waals surface area contributed by atoms with Gasteiger partial charge in [-0.25, -0.2) is 0 Å². The summed E-state index contributed by atoms with van der Waals surface area (Å²) in [7, 11) is 0. The Morgan fingerprint density at radius 3 is 2.52 bits per heavy atom. The molecule has 244 valence electrons. The van der Waals surface area contributed by atoms with E-state index in [0.29, 0.717) is 49.4 Å². The first-order valence-corrected chi connectivity index (χ1v) is 16.7. The van der Waals surface area contributed by atoms with E-state index in [2.05, 4.69) is 21.2 Å². The number of amides is 2. The number of rotatable bonds is 14. The highest BCUT2D eigenvalue weighted by molar-refractivity contribution is 9.10. The first-order valence-electron chi connectivity index (χ1n) is 15.9. The third-order valence-corrected chi connectivity index (χ3v) is 9.16. The second-order valence-electron chi connectivity index (χ2n) is 11.8. The Hall–Kier alpha value is -3.54. The minimum atomic E-state index is -1.76. The summed E-state index contributed by atoms with van der Waals surface area (Å²) in [5, 5.41) is 33.6. The highest BCUT2D eigenvalue weighted by Crippen LogP contribution is 2.47. The molecule has 0 saturated heterocycles. The lowest BCUT2D eigenvalue weighted by Crippen LogP contribution is -2.49. The fourth-order valence-corrected chi connectivity index (χ4v) is 6.61. The maximum atomic E-state index is 13.9. The van der Waals surface area contributed by atoms with Crippen molar-refractivity contribution in [1.82, 2.24) is 5.32 Å². The third kappa shape index (κ3) is 6.77. The van der Waals surface area contributed by atoms with Gasteiger partial charge >= 0.3 is 0 Å². The number of nitrogens with zero attached hydrogens (tertiary/aromatic N) is 2. The summed E-state index contributed by atoms with van der Waals surface area (Å²) in [5.41, 5.74) is 2.77. The van der Waals surface area contributed by atoms with Gasteiger partial charge in [-0.2, -0.15) is 0 Å². The smallest absolute Gasteiger partial charge is 0.264 e. The molecule has 1 unspecified atom stereocenters. The Kier molecular flexibility index (Phi) is 11.0. The highest BCUT2D eigenvalue weighted by Gasteiger charge is 2.52. The van der Waals surface area contributed by atoms with Crippen LogP contribution < -0.4 is 19.9 Å². The van der Waals surface area contributed by atoms with Crippen molar-refractivity contribution in [3.8, 4) is 5.75 Å². The van der Waals surface area contributed by atoms with Crippen LogP contribution in [0, 0.1) is 5.92 Å². The normalized spacial score (nSPS) is 19.9. The van der Waals surface area contributed by atoms with Crippen LogP contribution in [0.3, 0.4) is 0 Å². The van der Waals surface area contributed by atoms with Crippen molar-refractivity contribution in [1.29, 1.82) is 0 Å². The van der Waals surface area contributed by atoms with E-state index in [1.54, 1.807) is 34.9 Å². The number of unbranched alkanes of at least 4 members (excludes halogenated alkanes) is 1. The number of halogens is 1. The van der Waals surface area contributed by atoms with Gasteiger partial charge in [0, 0.05) is 34.9 Å². The molecular weight excluding hydrogens is 650 g/mol. The SMILES string of the molecule is CCOc1ccc2c(c1)CC(NCCCCO)C(=O)N2c1ccc(CN2C(=O)[C@@](O)([C@@H](C)/C=C/CCO)c3cc(Br)ccc32)cc1. The predicted molar refractivity (Wildman–Crippen MR) is 182 cm³/mol. The Labute approximate surface area is 278 Å². The van der Waals surface area contributed by atoms with E-state index < -0.39 is 23.5 Å². The molecule has 2 aliphatic heterocycles. The lowest BCUT2D eigenvalue weighted by molar-refractivity contribution is -0.139. The van der Waals surface area contributed by atoms with Gasteiger partial charge in [-0.15, -0.1) is 0 Å². The maximum Gasteiger partial charge on any atom is 0.264 e. The number of benzene rings is 3. The number of hydrogen-bond acceptors (Lipinski definition) is 7. The molecule has 0 bridgehead atoms. The van der Waals surface area contributed by atoms with Gasteiger partial charge in [-0.3, -0.25) is 14.5 Å². The molecule has 10 heteroatoms. The number of aliphatic hydroxyl groups is 3. The summed E-state index contributed by atoms with van der Waals surface area (Å²) in [6, 6.07) is 18.4. The third-order valence-electron chi connectivity index (χ3n) is 8.67. The molecule has 4 N–H and O–H groups in total. The van der Waals surface area contributed by atoms with Crippen LogP contribution in [0.1, 0.15) is 49.8 Å². The van der Waals surface area contributed by atoms with Gasteiger partial charge in [0.25, 0.3) is 5.91 Å². The molecule has 9 nitrogen and oxygen atoms in total. The number of aliphatic hydroxyl groups excluding tert-OH is 2. The number of carbonyl (C=O) groups excluding carboxylic acids is 2. The van der Waals surface area contributed by atoms with Crippen LogP contribution in [0.2, 0.25) is 0 Å². The molecule has 46 heavy (non-hydrogen) atoms. The number of hydrogen-bond donors (Lipinski definition) is 4. The average Bonchev–Trinajstić information content (AvgIpc) is 3.26. The van der Waals surface area contributed by atoms with Crippen LogP contribution in [0.15, 0.2) is 77.3 Å². The van der Waals surface area contributed by atoms with Crippen LogP contribution in [0.25, 0.3) is 0 Å². The van der Waals surface area contributed by atoms with Crippen LogP contribution in [-0.4, -0.2) is 59.5 Å². The first-order chi connectivity index (χ1) is 22.2. The molecule has 0 aliphatic carbocycles. The second kappa shape index (κ2) is 14.9. The van der Waals surface area contributed by atoms with Crippen LogP contribution in [0.4, 0.5) is 17.1 Å². The lowest BCUT2D eigenvalue weighted by Gasteiger charge is -2.35. The molecule has 3 aromatic rings. The second-order valence-corrected chi connectivity index (χ2v) is 12.7. The van der Waals surface area contributed by atoms with Gasteiger partial charge in [0.15, 0.2) is 5.60 Å². The molecule has 3 aromatic carbocycles. The summed E-state index contributed by atoms with van der Waals surface area (Å²) in [6.45, 7) is 5.25. The van der Waals surface area contributed by atoms with E-state index in [1.807, 2.05) is 61.5 Å². The van der Waals surface area contributed by atoms with E-state index in [9.17, 15) is 19.8 Å². The molecule has 2 aliphatic rings. The first kappa shape index (κ1) is 33.8. The molecular formula is C36H42BrN3O6. The van der Waals surface area contributed by atoms with E-state index in [1.165, 1.54) is 0 Å². The Bertz CT molecular complexity index is 1580. The number of anilines is 3. The Morgan fingerprint density at radius 2 is 1.80 bits per heavy atom. The molecule has 0 radical (unpaired) electrons. The summed E-state index contributed by atoms with van der Waals surface area (Å²) in [5.74, 6) is -0.238. The van der Waals surface area contributed by atoms with Crippen LogP contribution in [0.5, 0.6) is 5.75 Å². The van der Waals surface area contributed by atoms with E-state index >= 15 is 0 Å². The quantitative estimate of drug-likeness (QED) is 0.137. The van der Waals surface area contributed by atoms with Gasteiger partial charge in [0.2, 0.25) is 5.91 Å². The molecule has 2 heterocycles. The summed E-state index contributed by atoms with van der Waals surface area (Å²) < 4.78 is 6.50. The number of carbonyl (C=O) groups is 2. The Morgan fingerprint density at radius 1 is 1.04 bits per heavy atom. The lowest BCUT2D eigenvalue weighted by atomic mass is 9.83. The standard InChI is InChI=1S/C36H42BrN3O6/c1-3-46-29-14-16-32-26(20-29)21-31(38-17-5-7-19-42)34(43)40(32)28-12-9-25(10-13-28)23-39-33-15-11-27(37)22-30(33)36(45,35(39)44)24(2)8-4-6-18-41/h4,8-16,20,22,24,31,38,41-42,45H,3,5-7,17-19,21,23H2,1-2H3/b8-4+/t24-,31?,36+/m0/s1. The van der Waals surface area contributed by atoms with E-state index in [4.69, 9.17) is 9.84 Å². The van der Waals surface area contributed by atoms with E-state index in [0.717, 1.165) is 33.5 Å². The van der Waals surface area contributed by atoms with Crippen molar-refractivity contribution in [2.75, 3.05) is 36.2 Å². The monoisotopic (exact) mass is 691 g/mol. The average molecular weight is 693 g/mol. The minimum absolute atomic E-state index is 0.00936. The molecule has 3 atom stereocenters. The topological polar surface area (TPSA) is 123 Å². The van der Waals surface area contributed by atoms with Crippen LogP contribution >= 0.6 is 15.9 Å². The molecule has 0 aromatic heterocycles. The predicted octanol–water partition coefficient (Wildman–Crippen LogP) is 5.11. The van der Waals surface area contributed by atoms with Gasteiger partial charge in [0.1, 0.15) is 5.75 Å². The molecule has 0 saturated carbocycles. The molecule has 2 amide bonds. The van der Waals surface area contributed by atoms with Crippen molar-refractivity contribution in [2.24, 2.45) is 5.92 Å². The maximum absolute atomic E-state index is 13.9. The van der Waals surface area contributed by atoms with Crippen molar-refractivity contribution in [3.05, 3.63) is 94.0 Å². The van der Waals surface area contributed by atoms with Gasteiger partial charge < -0.3 is 30.3 Å². The zero-order valence-electron chi connectivity index (χ0n) is 26.3. The zero-order chi connectivity index (χ0) is 32.8. The van der Waals surface area contributed by atoms with Gasteiger partial charge in [-0.1, -0.05) is 47.1 Å². The van der Waals surface area contributed by atoms with Gasteiger partial charge in [0.05, 0.1) is 30.6 Å². The van der Waals surface area contributed by atoms with E-state index in [-0.39, 0.29) is 25.7 Å². The van der Waals surface area contributed by atoms with Crippen molar-refractivity contribution < 1.29 is 29.6 Å². The summed E-state index contributed by atoms with van der Waals surface area (Å²) in [6.07, 6.45) is 5.96. The number of fused-ring (bicyclic) bond motifs is 2. The molecule has 0 fully saturated rings. The van der Waals surface area contributed by atoms with Gasteiger partial charge in [-0.05, 0) is 98.8 Å². The largest absolute Gasteiger partial charge is 0.494 e. The molecule has 5 rings (SSSR count).